The molecule has 2 aromatic rings. The molecule has 138 valence electrons. The van der Waals surface area contributed by atoms with Crippen molar-refractivity contribution >= 4 is 17.5 Å². The zero-order valence-corrected chi connectivity index (χ0v) is 15.5. The van der Waals surface area contributed by atoms with Gasteiger partial charge in [0, 0.05) is 12.6 Å². The average Bonchev–Trinajstić information content (AvgIpc) is 3.03. The largest absolute Gasteiger partial charge is 0.363 e. The topological polar surface area (TPSA) is 123 Å². The average molecular weight is 357 g/mol. The van der Waals surface area contributed by atoms with E-state index in [9.17, 15) is 9.59 Å². The standard InChI is InChI=1S/C18H23N5O3/c1-10-8-6-7-9-11(10)12(20-5)16(25)21-13(18(2,3)4)17-22-15(14(19)24)23-26-17/h6-9,13H,1-5H3,(H2,19,24)(H,21,25). The number of amides is 2. The molecule has 26 heavy (non-hydrogen) atoms. The fourth-order valence-corrected chi connectivity index (χ4v) is 2.48. The number of hydrogen-bond acceptors (Lipinski definition) is 6. The van der Waals surface area contributed by atoms with Crippen LogP contribution in [0.15, 0.2) is 33.8 Å². The maximum Gasteiger partial charge on any atom is 0.290 e. The van der Waals surface area contributed by atoms with Crippen molar-refractivity contribution in [3.05, 3.63) is 47.1 Å². The van der Waals surface area contributed by atoms with E-state index in [1.807, 2.05) is 52.0 Å². The fraction of sp³-hybridized carbons (Fsp3) is 0.389. The Morgan fingerprint density at radius 1 is 1.27 bits per heavy atom. The highest BCUT2D eigenvalue weighted by molar-refractivity contribution is 6.45. The minimum Gasteiger partial charge on any atom is -0.363 e. The molecule has 1 unspecified atom stereocenters. The van der Waals surface area contributed by atoms with Gasteiger partial charge in [-0.05, 0) is 17.9 Å². The second kappa shape index (κ2) is 7.47. The molecule has 8 heteroatoms. The van der Waals surface area contributed by atoms with Gasteiger partial charge in [-0.1, -0.05) is 50.2 Å². The first-order valence-corrected chi connectivity index (χ1v) is 8.12. The zero-order chi connectivity index (χ0) is 19.5. The molecule has 0 aliphatic heterocycles. The van der Waals surface area contributed by atoms with E-state index in [0.717, 1.165) is 11.1 Å². The number of nitrogens with two attached hydrogens (primary N) is 1. The lowest BCUT2D eigenvalue weighted by molar-refractivity contribution is -0.116. The Morgan fingerprint density at radius 3 is 2.42 bits per heavy atom. The number of hydrogen-bond donors (Lipinski definition) is 2. The minimum absolute atomic E-state index is 0.111. The van der Waals surface area contributed by atoms with Gasteiger partial charge in [0.05, 0.1) is 0 Å². The molecule has 8 nitrogen and oxygen atoms in total. The lowest BCUT2D eigenvalue weighted by atomic mass is 9.86. The van der Waals surface area contributed by atoms with E-state index in [1.165, 1.54) is 0 Å². The molecule has 0 aliphatic carbocycles. The highest BCUT2D eigenvalue weighted by Gasteiger charge is 2.34. The minimum atomic E-state index is -0.797. The molecule has 2 rings (SSSR count). The van der Waals surface area contributed by atoms with E-state index in [0.29, 0.717) is 5.71 Å². The van der Waals surface area contributed by atoms with Crippen LogP contribution in [0.2, 0.25) is 0 Å². The van der Waals surface area contributed by atoms with E-state index in [2.05, 4.69) is 20.4 Å². The molecule has 0 saturated carbocycles. The Morgan fingerprint density at radius 2 is 1.92 bits per heavy atom. The van der Waals surface area contributed by atoms with Crippen molar-refractivity contribution < 1.29 is 14.1 Å². The van der Waals surface area contributed by atoms with E-state index >= 15 is 0 Å². The number of benzene rings is 1. The van der Waals surface area contributed by atoms with Gasteiger partial charge in [-0.15, -0.1) is 0 Å². The van der Waals surface area contributed by atoms with Crippen molar-refractivity contribution in [3.63, 3.8) is 0 Å². The van der Waals surface area contributed by atoms with E-state index in [-0.39, 0.29) is 17.6 Å². The van der Waals surface area contributed by atoms with Gasteiger partial charge in [-0.3, -0.25) is 14.6 Å². The monoisotopic (exact) mass is 357 g/mol. The lowest BCUT2D eigenvalue weighted by Crippen LogP contribution is -2.41. The number of nitrogens with one attached hydrogen (secondary N) is 1. The summed E-state index contributed by atoms with van der Waals surface area (Å²) in [5.41, 5.74) is 6.69. The van der Waals surface area contributed by atoms with Gasteiger partial charge in [0.25, 0.3) is 17.6 Å². The van der Waals surface area contributed by atoms with Crippen molar-refractivity contribution in [2.75, 3.05) is 7.05 Å². The number of carbonyl (C=O) groups is 2. The van der Waals surface area contributed by atoms with Crippen LogP contribution >= 0.6 is 0 Å². The summed E-state index contributed by atoms with van der Waals surface area (Å²) in [6.07, 6.45) is 0. The van der Waals surface area contributed by atoms with Crippen molar-refractivity contribution in [3.8, 4) is 0 Å². The summed E-state index contributed by atoms with van der Waals surface area (Å²) in [6, 6.07) is 6.86. The Balaban J connectivity index is 2.34. The predicted octanol–water partition coefficient (Wildman–Crippen LogP) is 1.80. The highest BCUT2D eigenvalue weighted by atomic mass is 16.5. The van der Waals surface area contributed by atoms with Gasteiger partial charge < -0.3 is 15.6 Å². The third-order valence-corrected chi connectivity index (χ3v) is 3.89. The first-order chi connectivity index (χ1) is 12.1. The molecule has 3 N–H and O–H groups in total. The van der Waals surface area contributed by atoms with Gasteiger partial charge in [0.15, 0.2) is 0 Å². The first-order valence-electron chi connectivity index (χ1n) is 8.12. The van der Waals surface area contributed by atoms with Gasteiger partial charge in [0.2, 0.25) is 5.89 Å². The van der Waals surface area contributed by atoms with Crippen LogP contribution in [-0.4, -0.2) is 34.7 Å². The summed E-state index contributed by atoms with van der Waals surface area (Å²) >= 11 is 0. The van der Waals surface area contributed by atoms with Crippen LogP contribution in [0.4, 0.5) is 0 Å². The smallest absolute Gasteiger partial charge is 0.290 e. The van der Waals surface area contributed by atoms with E-state index in [1.54, 1.807) is 7.05 Å². The van der Waals surface area contributed by atoms with Crippen molar-refractivity contribution in [1.29, 1.82) is 0 Å². The third-order valence-electron chi connectivity index (χ3n) is 3.89. The van der Waals surface area contributed by atoms with Crippen LogP contribution in [0, 0.1) is 12.3 Å². The van der Waals surface area contributed by atoms with Crippen LogP contribution in [0.3, 0.4) is 0 Å². The Kier molecular flexibility index (Phi) is 5.54. The summed E-state index contributed by atoms with van der Waals surface area (Å²) in [5.74, 6) is -1.29. The SMILES string of the molecule is CN=C(C(=O)NC(c1nc(C(N)=O)no1)C(C)(C)C)c1ccccc1C. The van der Waals surface area contributed by atoms with E-state index < -0.39 is 17.4 Å². The normalized spacial score (nSPS) is 13.3. The molecule has 1 aromatic carbocycles. The van der Waals surface area contributed by atoms with Crippen LogP contribution in [0.25, 0.3) is 0 Å². The van der Waals surface area contributed by atoms with Crippen LogP contribution in [0.1, 0.15) is 54.4 Å². The molecule has 1 heterocycles. The van der Waals surface area contributed by atoms with E-state index in [4.69, 9.17) is 10.3 Å². The van der Waals surface area contributed by atoms with Gasteiger partial charge in [0.1, 0.15) is 11.8 Å². The van der Waals surface area contributed by atoms with Gasteiger partial charge in [-0.2, -0.15) is 4.98 Å². The quantitative estimate of drug-likeness (QED) is 0.790. The lowest BCUT2D eigenvalue weighted by Gasteiger charge is -2.28. The number of rotatable bonds is 5. The second-order valence-electron chi connectivity index (χ2n) is 6.98. The summed E-state index contributed by atoms with van der Waals surface area (Å²) in [7, 11) is 1.56. The van der Waals surface area contributed by atoms with Crippen molar-refractivity contribution in [2.24, 2.45) is 16.1 Å². The molecule has 0 aliphatic rings. The summed E-state index contributed by atoms with van der Waals surface area (Å²) in [4.78, 5) is 32.2. The molecular weight excluding hydrogens is 334 g/mol. The summed E-state index contributed by atoms with van der Waals surface area (Å²) in [6.45, 7) is 7.63. The number of aromatic nitrogens is 2. The zero-order valence-electron chi connectivity index (χ0n) is 15.5. The second-order valence-corrected chi connectivity index (χ2v) is 6.98. The maximum atomic E-state index is 12.9. The summed E-state index contributed by atoms with van der Waals surface area (Å²) in [5, 5.41) is 6.44. The molecule has 1 aromatic heterocycles. The molecule has 0 saturated heterocycles. The molecular formula is C18H23N5O3. The van der Waals surface area contributed by atoms with Crippen LogP contribution < -0.4 is 11.1 Å². The van der Waals surface area contributed by atoms with Gasteiger partial charge in [-0.25, -0.2) is 0 Å². The Hall–Kier alpha value is -3.03. The molecule has 0 radical (unpaired) electrons. The van der Waals surface area contributed by atoms with Crippen molar-refractivity contribution in [1.82, 2.24) is 15.5 Å². The highest BCUT2D eigenvalue weighted by Crippen LogP contribution is 2.32. The number of primary amides is 1. The number of aryl methyl sites for hydroxylation is 1. The number of carbonyl (C=O) groups excluding carboxylic acids is 2. The Labute approximate surface area is 151 Å². The molecule has 0 bridgehead atoms. The molecule has 2 amide bonds. The third kappa shape index (κ3) is 4.14. The molecule has 1 atom stereocenters. The van der Waals surface area contributed by atoms with Crippen molar-refractivity contribution in [2.45, 2.75) is 33.7 Å². The van der Waals surface area contributed by atoms with Crippen LogP contribution in [0.5, 0.6) is 0 Å². The maximum absolute atomic E-state index is 12.9. The number of aliphatic imine (C=N–C) groups is 1. The predicted molar refractivity (Wildman–Crippen MR) is 96.8 cm³/mol. The molecule has 0 fully saturated rings. The number of nitrogens with zero attached hydrogens (tertiary/aromatic N) is 3. The fourth-order valence-electron chi connectivity index (χ4n) is 2.48. The van der Waals surface area contributed by atoms with Crippen LogP contribution in [-0.2, 0) is 4.79 Å². The molecule has 0 spiro atoms. The Bertz CT molecular complexity index is 849. The van der Waals surface area contributed by atoms with Gasteiger partial charge >= 0.3 is 0 Å². The summed E-state index contributed by atoms with van der Waals surface area (Å²) < 4.78 is 5.14. The first kappa shape index (κ1) is 19.3.